The third kappa shape index (κ3) is 2.08. The van der Waals surface area contributed by atoms with Gasteiger partial charge >= 0.3 is 0 Å². The zero-order valence-electron chi connectivity index (χ0n) is 6.30. The van der Waals surface area contributed by atoms with E-state index in [1.54, 1.807) is 25.3 Å². The summed E-state index contributed by atoms with van der Waals surface area (Å²) in [5.74, 6) is 0.715. The number of rotatable bonds is 2. The normalized spacial score (nSPS) is 9.58. The van der Waals surface area contributed by atoms with Crippen molar-refractivity contribution in [2.75, 3.05) is 7.11 Å². The van der Waals surface area contributed by atoms with Crippen molar-refractivity contribution in [2.24, 2.45) is 0 Å². The number of methoxy groups -OCH3 is 1. The van der Waals surface area contributed by atoms with Crippen molar-refractivity contribution in [1.29, 1.82) is 0 Å². The van der Waals surface area contributed by atoms with Gasteiger partial charge in [0, 0.05) is 5.56 Å². The molecule has 0 N–H and O–H groups in total. The van der Waals surface area contributed by atoms with Crippen molar-refractivity contribution in [3.05, 3.63) is 28.2 Å². The Balaban J connectivity index is 3.10. The summed E-state index contributed by atoms with van der Waals surface area (Å²) in [6.07, 6.45) is 0. The summed E-state index contributed by atoms with van der Waals surface area (Å²) in [6, 6.07) is 5.13. The van der Waals surface area contributed by atoms with Crippen LogP contribution >= 0.6 is 31.9 Å². The highest BCUT2D eigenvalue weighted by Crippen LogP contribution is 2.26. The van der Waals surface area contributed by atoms with Crippen LogP contribution in [0.15, 0.2) is 22.7 Å². The first-order valence-corrected chi connectivity index (χ1v) is 4.77. The zero-order valence-corrected chi connectivity index (χ0v) is 9.48. The van der Waals surface area contributed by atoms with Crippen LogP contribution in [0.2, 0.25) is 0 Å². The number of carbonyl (C=O) groups is 1. The lowest BCUT2D eigenvalue weighted by Gasteiger charge is -2.02. The minimum absolute atomic E-state index is 0.133. The Morgan fingerprint density at radius 2 is 2.17 bits per heavy atom. The van der Waals surface area contributed by atoms with Crippen molar-refractivity contribution in [3.8, 4) is 5.75 Å². The molecule has 0 saturated heterocycles. The van der Waals surface area contributed by atoms with Crippen molar-refractivity contribution >= 4 is 36.6 Å². The summed E-state index contributed by atoms with van der Waals surface area (Å²) in [5, 5.41) is 0. The smallest absolute Gasteiger partial charge is 0.228 e. The van der Waals surface area contributed by atoms with Crippen molar-refractivity contribution < 1.29 is 9.53 Å². The average Bonchev–Trinajstić information content (AvgIpc) is 2.04. The van der Waals surface area contributed by atoms with Gasteiger partial charge in [-0.1, -0.05) is 0 Å². The van der Waals surface area contributed by atoms with E-state index >= 15 is 0 Å². The fourth-order valence-electron chi connectivity index (χ4n) is 0.789. The van der Waals surface area contributed by atoms with Crippen LogP contribution in [0.1, 0.15) is 10.4 Å². The van der Waals surface area contributed by atoms with Gasteiger partial charge in [0.25, 0.3) is 0 Å². The van der Waals surface area contributed by atoms with Crippen LogP contribution in [-0.4, -0.2) is 11.8 Å². The number of carbonyl (C=O) groups excluding carboxylic acids is 1. The predicted octanol–water partition coefficient (Wildman–Crippen LogP) is 2.99. The molecule has 64 valence electrons. The Hall–Kier alpha value is -0.350. The van der Waals surface area contributed by atoms with Gasteiger partial charge in [-0.15, -0.1) is 0 Å². The molecule has 0 aliphatic carbocycles. The summed E-state index contributed by atoms with van der Waals surface area (Å²) in [5.41, 5.74) is 0.600. The first-order chi connectivity index (χ1) is 5.65. The molecule has 0 aliphatic rings. The number of ether oxygens (including phenoxy) is 1. The van der Waals surface area contributed by atoms with Gasteiger partial charge in [0.15, 0.2) is 0 Å². The minimum atomic E-state index is -0.133. The Morgan fingerprint density at radius 1 is 1.50 bits per heavy atom. The van der Waals surface area contributed by atoms with E-state index in [0.717, 1.165) is 4.47 Å². The lowest BCUT2D eigenvalue weighted by Crippen LogP contribution is -1.90. The van der Waals surface area contributed by atoms with Crippen LogP contribution < -0.4 is 4.74 Å². The topological polar surface area (TPSA) is 26.3 Å². The maximum absolute atomic E-state index is 10.9. The Morgan fingerprint density at radius 3 is 2.58 bits per heavy atom. The first kappa shape index (κ1) is 9.74. The van der Waals surface area contributed by atoms with Gasteiger partial charge in [0.1, 0.15) is 5.75 Å². The fraction of sp³-hybridized carbons (Fsp3) is 0.125. The van der Waals surface area contributed by atoms with E-state index in [2.05, 4.69) is 31.9 Å². The molecule has 0 radical (unpaired) electrons. The van der Waals surface area contributed by atoms with Gasteiger partial charge in [-0.2, -0.15) is 0 Å². The quantitative estimate of drug-likeness (QED) is 0.784. The lowest BCUT2D eigenvalue weighted by molar-refractivity contribution is 0.109. The molecular formula is C8H6Br2O2. The highest BCUT2D eigenvalue weighted by atomic mass is 79.9. The van der Waals surface area contributed by atoms with E-state index in [0.29, 0.717) is 11.3 Å². The molecule has 1 aromatic carbocycles. The van der Waals surface area contributed by atoms with Gasteiger partial charge < -0.3 is 4.74 Å². The number of hydrogen-bond acceptors (Lipinski definition) is 2. The van der Waals surface area contributed by atoms with Gasteiger partial charge in [-0.25, -0.2) is 0 Å². The van der Waals surface area contributed by atoms with Gasteiger partial charge in [-0.05, 0) is 50.1 Å². The lowest BCUT2D eigenvalue weighted by atomic mass is 10.2. The minimum Gasteiger partial charge on any atom is -0.496 e. The summed E-state index contributed by atoms with van der Waals surface area (Å²) in [4.78, 5) is 10.9. The van der Waals surface area contributed by atoms with E-state index in [4.69, 9.17) is 4.74 Å². The molecule has 0 atom stereocenters. The summed E-state index contributed by atoms with van der Waals surface area (Å²) < 4.78 is 5.65. The molecular weight excluding hydrogens is 288 g/mol. The molecule has 0 spiro atoms. The molecule has 0 bridgehead atoms. The second-order valence-electron chi connectivity index (χ2n) is 2.12. The molecule has 0 aromatic heterocycles. The third-order valence-corrected chi connectivity index (χ3v) is 2.46. The molecule has 0 unspecified atom stereocenters. The average molecular weight is 294 g/mol. The molecule has 0 amide bonds. The fourth-order valence-corrected chi connectivity index (χ4v) is 1.58. The molecule has 12 heavy (non-hydrogen) atoms. The molecule has 0 saturated carbocycles. The van der Waals surface area contributed by atoms with Crippen LogP contribution in [-0.2, 0) is 0 Å². The second-order valence-corrected chi connectivity index (χ2v) is 3.70. The maximum atomic E-state index is 10.9. The summed E-state index contributed by atoms with van der Waals surface area (Å²) >= 11 is 6.14. The van der Waals surface area contributed by atoms with Gasteiger partial charge in [-0.3, -0.25) is 4.79 Å². The first-order valence-electron chi connectivity index (χ1n) is 3.18. The number of halogens is 2. The molecule has 4 heteroatoms. The Bertz CT molecular complexity index is 310. The van der Waals surface area contributed by atoms with Crippen LogP contribution in [0, 0.1) is 0 Å². The number of hydrogen-bond donors (Lipinski definition) is 0. The highest BCUT2D eigenvalue weighted by Gasteiger charge is 2.04. The molecule has 0 fully saturated rings. The van der Waals surface area contributed by atoms with E-state index in [-0.39, 0.29) is 4.69 Å². The van der Waals surface area contributed by atoms with Gasteiger partial charge in [0.05, 0.1) is 11.6 Å². The van der Waals surface area contributed by atoms with Crippen LogP contribution in [0.3, 0.4) is 0 Å². The van der Waals surface area contributed by atoms with Crippen molar-refractivity contribution in [1.82, 2.24) is 0 Å². The van der Waals surface area contributed by atoms with E-state index in [1.165, 1.54) is 0 Å². The Labute approximate surface area is 87.2 Å². The van der Waals surface area contributed by atoms with Crippen LogP contribution in [0.4, 0.5) is 0 Å². The third-order valence-electron chi connectivity index (χ3n) is 1.38. The Kier molecular flexibility index (Phi) is 3.29. The van der Waals surface area contributed by atoms with E-state index < -0.39 is 0 Å². The maximum Gasteiger partial charge on any atom is 0.228 e. The molecule has 1 aromatic rings. The van der Waals surface area contributed by atoms with E-state index in [9.17, 15) is 4.79 Å². The monoisotopic (exact) mass is 292 g/mol. The standard InChI is InChI=1S/C8H6Br2O2/c1-12-7-3-2-5(8(10)11)4-6(7)9/h2-4H,1H3. The summed E-state index contributed by atoms with van der Waals surface area (Å²) in [7, 11) is 1.58. The molecule has 0 heterocycles. The summed E-state index contributed by atoms with van der Waals surface area (Å²) in [6.45, 7) is 0. The number of benzene rings is 1. The molecule has 0 aliphatic heterocycles. The second kappa shape index (κ2) is 4.05. The van der Waals surface area contributed by atoms with Gasteiger partial charge in [0.2, 0.25) is 4.69 Å². The SMILES string of the molecule is COc1ccc(C(=O)Br)cc1Br. The largest absolute Gasteiger partial charge is 0.496 e. The van der Waals surface area contributed by atoms with E-state index in [1.807, 2.05) is 0 Å². The predicted molar refractivity (Wildman–Crippen MR) is 54.0 cm³/mol. The molecule has 2 nitrogen and oxygen atoms in total. The van der Waals surface area contributed by atoms with Crippen molar-refractivity contribution in [2.45, 2.75) is 0 Å². The van der Waals surface area contributed by atoms with Crippen LogP contribution in [0.5, 0.6) is 5.75 Å². The highest BCUT2D eigenvalue weighted by molar-refractivity contribution is 9.18. The van der Waals surface area contributed by atoms with Crippen molar-refractivity contribution in [3.63, 3.8) is 0 Å². The molecule has 1 rings (SSSR count). The zero-order chi connectivity index (χ0) is 9.14. The van der Waals surface area contributed by atoms with Crippen LogP contribution in [0.25, 0.3) is 0 Å².